The van der Waals surface area contributed by atoms with Gasteiger partial charge >= 0.3 is 0 Å². The number of benzene rings is 1. The fourth-order valence-corrected chi connectivity index (χ4v) is 2.36. The highest BCUT2D eigenvalue weighted by atomic mass is 16.2. The Bertz CT molecular complexity index is 503. The lowest BCUT2D eigenvalue weighted by Gasteiger charge is -2.29. The van der Waals surface area contributed by atoms with Gasteiger partial charge in [-0.05, 0) is 31.9 Å². The van der Waals surface area contributed by atoms with Gasteiger partial charge in [-0.3, -0.25) is 9.59 Å². The number of Topliss-reactive ketones (excluding diaryl/α,β-unsaturated/α-hetero) is 1. The van der Waals surface area contributed by atoms with Gasteiger partial charge in [-0.15, -0.1) is 0 Å². The van der Waals surface area contributed by atoms with Gasteiger partial charge in [-0.1, -0.05) is 11.6 Å². The molecule has 0 bridgehead atoms. The molecule has 0 atom stereocenters. The van der Waals surface area contributed by atoms with Crippen LogP contribution >= 0.6 is 0 Å². The van der Waals surface area contributed by atoms with Crippen molar-refractivity contribution in [2.75, 3.05) is 11.4 Å². The van der Waals surface area contributed by atoms with Crippen LogP contribution in [0.3, 0.4) is 0 Å². The number of carbonyl (C=O) groups excluding carboxylic acids is 2. The number of hydrogen-bond donors (Lipinski definition) is 0. The minimum atomic E-state index is 0.156. The summed E-state index contributed by atoms with van der Waals surface area (Å²) in [5.74, 6) is 0.559. The molecule has 0 aromatic heterocycles. The van der Waals surface area contributed by atoms with Gasteiger partial charge < -0.3 is 4.90 Å². The molecule has 1 aromatic rings. The second kappa shape index (κ2) is 3.69. The largest absolute Gasteiger partial charge is 0.311 e. The highest BCUT2D eigenvalue weighted by Gasteiger charge is 2.36. The van der Waals surface area contributed by atoms with Crippen LogP contribution < -0.4 is 4.90 Å². The first-order valence-corrected chi connectivity index (χ1v) is 6.12. The lowest BCUT2D eigenvalue weighted by atomic mass is 9.98. The van der Waals surface area contributed by atoms with Crippen LogP contribution in [0.2, 0.25) is 0 Å². The van der Waals surface area contributed by atoms with Crippen molar-refractivity contribution in [2.45, 2.75) is 26.2 Å². The molecule has 1 saturated carbocycles. The summed E-state index contributed by atoms with van der Waals surface area (Å²) in [4.78, 5) is 25.8. The van der Waals surface area contributed by atoms with Crippen molar-refractivity contribution in [3.63, 3.8) is 0 Å². The summed E-state index contributed by atoms with van der Waals surface area (Å²) in [5, 5.41) is 0. The molecule has 1 aliphatic heterocycles. The number of hydrogen-bond acceptors (Lipinski definition) is 2. The number of aryl methyl sites for hydroxylation is 1. The van der Waals surface area contributed by atoms with E-state index < -0.39 is 0 Å². The Morgan fingerprint density at radius 3 is 2.82 bits per heavy atom. The van der Waals surface area contributed by atoms with E-state index in [-0.39, 0.29) is 17.6 Å². The van der Waals surface area contributed by atoms with Gasteiger partial charge in [0.25, 0.3) is 0 Å². The van der Waals surface area contributed by atoms with E-state index in [0.29, 0.717) is 18.5 Å². The Kier molecular flexibility index (Phi) is 2.28. The molecular weight excluding hydrogens is 214 g/mol. The molecule has 0 N–H and O–H groups in total. The second-order valence-corrected chi connectivity index (χ2v) is 4.96. The second-order valence-electron chi connectivity index (χ2n) is 4.96. The molecule has 1 amide bonds. The third-order valence-electron chi connectivity index (χ3n) is 3.50. The molecule has 17 heavy (non-hydrogen) atoms. The molecule has 3 heteroatoms. The Morgan fingerprint density at radius 1 is 1.35 bits per heavy atom. The zero-order valence-corrected chi connectivity index (χ0v) is 9.90. The number of nitrogens with zero attached hydrogens (tertiary/aromatic N) is 1. The first kappa shape index (κ1) is 10.5. The third-order valence-corrected chi connectivity index (χ3v) is 3.50. The first-order chi connectivity index (χ1) is 8.16. The number of rotatable bonds is 1. The smallest absolute Gasteiger partial charge is 0.230 e. The van der Waals surface area contributed by atoms with E-state index >= 15 is 0 Å². The average Bonchev–Trinajstić information content (AvgIpc) is 3.13. The maximum absolute atomic E-state index is 12.1. The summed E-state index contributed by atoms with van der Waals surface area (Å²) in [6.07, 6.45) is 2.46. The number of ketones is 1. The molecule has 3 rings (SSSR count). The van der Waals surface area contributed by atoms with E-state index in [0.717, 1.165) is 24.1 Å². The molecule has 1 fully saturated rings. The van der Waals surface area contributed by atoms with E-state index in [4.69, 9.17) is 0 Å². The van der Waals surface area contributed by atoms with Crippen LogP contribution in [0.5, 0.6) is 0 Å². The first-order valence-electron chi connectivity index (χ1n) is 6.12. The van der Waals surface area contributed by atoms with Crippen molar-refractivity contribution >= 4 is 17.4 Å². The van der Waals surface area contributed by atoms with E-state index in [2.05, 4.69) is 0 Å². The maximum atomic E-state index is 12.1. The molecule has 1 aromatic carbocycles. The van der Waals surface area contributed by atoms with Crippen molar-refractivity contribution in [2.24, 2.45) is 5.92 Å². The van der Waals surface area contributed by atoms with E-state index in [9.17, 15) is 9.59 Å². The molecule has 2 aliphatic rings. The summed E-state index contributed by atoms with van der Waals surface area (Å²) < 4.78 is 0. The van der Waals surface area contributed by atoms with Gasteiger partial charge in [0.05, 0.1) is 5.69 Å². The molecule has 0 spiro atoms. The number of amides is 1. The van der Waals surface area contributed by atoms with Crippen LogP contribution in [0.15, 0.2) is 18.2 Å². The fraction of sp³-hybridized carbons (Fsp3) is 0.429. The van der Waals surface area contributed by atoms with Gasteiger partial charge in [0.2, 0.25) is 5.91 Å². The van der Waals surface area contributed by atoms with Crippen LogP contribution in [0, 0.1) is 12.8 Å². The Hall–Kier alpha value is -1.64. The van der Waals surface area contributed by atoms with E-state index in [1.807, 2.05) is 25.1 Å². The Morgan fingerprint density at radius 2 is 2.12 bits per heavy atom. The molecule has 0 saturated heterocycles. The molecular formula is C14H15NO2. The van der Waals surface area contributed by atoms with Crippen LogP contribution in [0.25, 0.3) is 0 Å². The topological polar surface area (TPSA) is 37.4 Å². The van der Waals surface area contributed by atoms with E-state index in [1.165, 1.54) is 0 Å². The maximum Gasteiger partial charge on any atom is 0.230 e. The standard InChI is InChI=1S/C14H15NO2/c1-9-2-5-12-11(8-9)13(16)6-7-15(12)14(17)10-3-4-10/h2,5,8,10H,3-4,6-7H2,1H3. The van der Waals surface area contributed by atoms with Gasteiger partial charge in [0, 0.05) is 24.4 Å². The zero-order chi connectivity index (χ0) is 12.0. The molecule has 1 aliphatic carbocycles. The summed E-state index contributed by atoms with van der Waals surface area (Å²) in [5.41, 5.74) is 2.59. The van der Waals surface area contributed by atoms with Crippen LogP contribution in [0.4, 0.5) is 5.69 Å². The molecule has 88 valence electrons. The van der Waals surface area contributed by atoms with Crippen molar-refractivity contribution in [3.05, 3.63) is 29.3 Å². The van der Waals surface area contributed by atoms with Crippen LogP contribution in [-0.2, 0) is 4.79 Å². The third kappa shape index (κ3) is 1.75. The van der Waals surface area contributed by atoms with Gasteiger partial charge in [0.1, 0.15) is 0 Å². The number of fused-ring (bicyclic) bond motifs is 1. The van der Waals surface area contributed by atoms with E-state index in [1.54, 1.807) is 4.90 Å². The predicted molar refractivity (Wildman–Crippen MR) is 65.2 cm³/mol. The number of carbonyl (C=O) groups is 2. The zero-order valence-electron chi connectivity index (χ0n) is 9.90. The monoisotopic (exact) mass is 229 g/mol. The Balaban J connectivity index is 2.02. The summed E-state index contributed by atoms with van der Waals surface area (Å²) >= 11 is 0. The fourth-order valence-electron chi connectivity index (χ4n) is 2.36. The number of anilines is 1. The van der Waals surface area contributed by atoms with Gasteiger partial charge in [0.15, 0.2) is 5.78 Å². The lowest BCUT2D eigenvalue weighted by Crippen LogP contribution is -2.38. The molecule has 0 unspecified atom stereocenters. The van der Waals surface area contributed by atoms with Crippen LogP contribution in [0.1, 0.15) is 35.2 Å². The van der Waals surface area contributed by atoms with Gasteiger partial charge in [-0.2, -0.15) is 0 Å². The quantitative estimate of drug-likeness (QED) is 0.741. The highest BCUT2D eigenvalue weighted by molar-refractivity contribution is 6.09. The summed E-state index contributed by atoms with van der Waals surface area (Å²) in [6, 6.07) is 5.76. The lowest BCUT2D eigenvalue weighted by molar-refractivity contribution is -0.119. The predicted octanol–water partition coefficient (Wildman–Crippen LogP) is 2.32. The average molecular weight is 229 g/mol. The molecule has 3 nitrogen and oxygen atoms in total. The Labute approximate surface area is 100 Å². The van der Waals surface area contributed by atoms with Crippen molar-refractivity contribution in [1.29, 1.82) is 0 Å². The molecule has 1 heterocycles. The highest BCUT2D eigenvalue weighted by Crippen LogP contribution is 2.36. The van der Waals surface area contributed by atoms with Crippen molar-refractivity contribution < 1.29 is 9.59 Å². The normalized spacial score (nSPS) is 19.1. The van der Waals surface area contributed by atoms with Crippen LogP contribution in [-0.4, -0.2) is 18.2 Å². The molecule has 0 radical (unpaired) electrons. The van der Waals surface area contributed by atoms with Crippen molar-refractivity contribution in [3.8, 4) is 0 Å². The minimum absolute atomic E-state index is 0.156. The summed E-state index contributed by atoms with van der Waals surface area (Å²) in [7, 11) is 0. The van der Waals surface area contributed by atoms with Crippen molar-refractivity contribution in [1.82, 2.24) is 0 Å². The van der Waals surface area contributed by atoms with Gasteiger partial charge in [-0.25, -0.2) is 0 Å². The SMILES string of the molecule is Cc1ccc2c(c1)C(=O)CCN2C(=O)C1CC1. The minimum Gasteiger partial charge on any atom is -0.311 e. The summed E-state index contributed by atoms with van der Waals surface area (Å²) in [6.45, 7) is 2.51.